The Morgan fingerprint density at radius 1 is 1.05 bits per heavy atom. The van der Waals surface area contributed by atoms with Crippen molar-refractivity contribution in [3.05, 3.63) is 45.3 Å². The summed E-state index contributed by atoms with van der Waals surface area (Å²) in [6.45, 7) is 5.89. The highest BCUT2D eigenvalue weighted by molar-refractivity contribution is 5.81. The summed E-state index contributed by atoms with van der Waals surface area (Å²) in [6.07, 6.45) is 0.636. The van der Waals surface area contributed by atoms with Crippen molar-refractivity contribution in [3.63, 3.8) is 0 Å². The second kappa shape index (κ2) is 7.54. The molecule has 2 N–H and O–H groups in total. The Morgan fingerprint density at radius 2 is 1.77 bits per heavy atom. The molecule has 0 spiro atoms. The maximum Gasteiger partial charge on any atom is 0.336 e. The second-order valence-electron chi connectivity index (χ2n) is 5.60. The number of hydrogen-bond donors (Lipinski definition) is 2. The molecule has 0 atom stereocenters. The van der Waals surface area contributed by atoms with Gasteiger partial charge < -0.3 is 14.6 Å². The van der Waals surface area contributed by atoms with Gasteiger partial charge in [0, 0.05) is 37.7 Å². The summed E-state index contributed by atoms with van der Waals surface area (Å²) in [5.41, 5.74) is 3.35. The molecule has 120 valence electrons. The van der Waals surface area contributed by atoms with Crippen LogP contribution < -0.4 is 5.63 Å². The SMILES string of the molecule is Cc1cc2oc(=O)cc(CN(CCO)CCCO)c2cc1C. The summed E-state index contributed by atoms with van der Waals surface area (Å²) in [5, 5.41) is 19.1. The van der Waals surface area contributed by atoms with E-state index in [-0.39, 0.29) is 18.8 Å². The highest BCUT2D eigenvalue weighted by atomic mass is 16.4. The average Bonchev–Trinajstić information content (AvgIpc) is 2.47. The zero-order valence-electron chi connectivity index (χ0n) is 13.1. The molecule has 0 aliphatic heterocycles. The normalized spacial score (nSPS) is 11.5. The predicted molar refractivity (Wildman–Crippen MR) is 86.0 cm³/mol. The van der Waals surface area contributed by atoms with Crippen LogP contribution in [-0.2, 0) is 6.54 Å². The number of aliphatic hydroxyl groups excluding tert-OH is 2. The van der Waals surface area contributed by atoms with Gasteiger partial charge in [0.1, 0.15) is 5.58 Å². The first-order valence-corrected chi connectivity index (χ1v) is 7.53. The molecule has 22 heavy (non-hydrogen) atoms. The lowest BCUT2D eigenvalue weighted by Crippen LogP contribution is -2.28. The highest BCUT2D eigenvalue weighted by Gasteiger charge is 2.11. The molecule has 0 radical (unpaired) electrons. The Kier molecular flexibility index (Phi) is 5.71. The molecule has 0 amide bonds. The highest BCUT2D eigenvalue weighted by Crippen LogP contribution is 2.22. The van der Waals surface area contributed by atoms with Crippen LogP contribution in [0.3, 0.4) is 0 Å². The molecule has 0 fully saturated rings. The molecular formula is C17H23NO4. The number of benzene rings is 1. The zero-order chi connectivity index (χ0) is 16.1. The number of nitrogens with zero attached hydrogens (tertiary/aromatic N) is 1. The Morgan fingerprint density at radius 3 is 2.45 bits per heavy atom. The van der Waals surface area contributed by atoms with Gasteiger partial charge >= 0.3 is 5.63 Å². The van der Waals surface area contributed by atoms with Gasteiger partial charge in [0.2, 0.25) is 0 Å². The van der Waals surface area contributed by atoms with E-state index in [0.717, 1.165) is 22.1 Å². The lowest BCUT2D eigenvalue weighted by Gasteiger charge is -2.21. The molecule has 5 heteroatoms. The minimum atomic E-state index is -0.364. The lowest BCUT2D eigenvalue weighted by atomic mass is 10.0. The Balaban J connectivity index is 2.40. The smallest absolute Gasteiger partial charge is 0.336 e. The Labute approximate surface area is 129 Å². The number of rotatable bonds is 7. The van der Waals surface area contributed by atoms with E-state index >= 15 is 0 Å². The van der Waals surface area contributed by atoms with Crippen LogP contribution in [0.15, 0.2) is 27.4 Å². The van der Waals surface area contributed by atoms with Gasteiger partial charge in [-0.1, -0.05) is 0 Å². The summed E-state index contributed by atoms with van der Waals surface area (Å²) in [4.78, 5) is 13.8. The van der Waals surface area contributed by atoms with Gasteiger partial charge in [-0.25, -0.2) is 4.79 Å². The van der Waals surface area contributed by atoms with E-state index in [1.807, 2.05) is 30.9 Å². The van der Waals surface area contributed by atoms with Gasteiger partial charge in [0.25, 0.3) is 0 Å². The van der Waals surface area contributed by atoms with E-state index in [4.69, 9.17) is 9.52 Å². The van der Waals surface area contributed by atoms with Gasteiger partial charge in [-0.15, -0.1) is 0 Å². The predicted octanol–water partition coefficient (Wildman–Crippen LogP) is 1.59. The van der Waals surface area contributed by atoms with Crippen LogP contribution in [0.5, 0.6) is 0 Å². The molecule has 1 heterocycles. The third-order valence-electron chi connectivity index (χ3n) is 3.89. The first kappa shape index (κ1) is 16.7. The maximum absolute atomic E-state index is 11.8. The molecule has 1 aromatic carbocycles. The number of aliphatic hydroxyl groups is 2. The monoisotopic (exact) mass is 305 g/mol. The van der Waals surface area contributed by atoms with E-state index in [1.165, 1.54) is 6.07 Å². The van der Waals surface area contributed by atoms with Gasteiger partial charge in [-0.3, -0.25) is 4.90 Å². The molecule has 0 aliphatic carbocycles. The second-order valence-corrected chi connectivity index (χ2v) is 5.60. The number of fused-ring (bicyclic) bond motifs is 1. The van der Waals surface area contributed by atoms with Crippen LogP contribution in [0.4, 0.5) is 0 Å². The molecule has 5 nitrogen and oxygen atoms in total. The maximum atomic E-state index is 11.8. The van der Waals surface area contributed by atoms with Crippen molar-refractivity contribution < 1.29 is 14.6 Å². The summed E-state index contributed by atoms with van der Waals surface area (Å²) in [7, 11) is 0. The molecule has 2 rings (SSSR count). The van der Waals surface area contributed by atoms with Crippen molar-refractivity contribution in [2.45, 2.75) is 26.8 Å². The van der Waals surface area contributed by atoms with Crippen LogP contribution >= 0.6 is 0 Å². The van der Waals surface area contributed by atoms with Crippen molar-refractivity contribution >= 4 is 11.0 Å². The fourth-order valence-corrected chi connectivity index (χ4v) is 2.56. The Hall–Kier alpha value is -1.69. The van der Waals surface area contributed by atoms with Crippen LogP contribution in [0, 0.1) is 13.8 Å². The first-order chi connectivity index (χ1) is 10.5. The quantitative estimate of drug-likeness (QED) is 0.760. The van der Waals surface area contributed by atoms with Crippen molar-refractivity contribution in [2.24, 2.45) is 0 Å². The lowest BCUT2D eigenvalue weighted by molar-refractivity contribution is 0.174. The summed E-state index contributed by atoms with van der Waals surface area (Å²) >= 11 is 0. The molecule has 0 bridgehead atoms. The molecule has 2 aromatic rings. The summed E-state index contributed by atoms with van der Waals surface area (Å²) < 4.78 is 5.30. The minimum absolute atomic E-state index is 0.0446. The van der Waals surface area contributed by atoms with Crippen molar-refractivity contribution in [1.82, 2.24) is 4.90 Å². The molecule has 1 aromatic heterocycles. The van der Waals surface area contributed by atoms with Crippen molar-refractivity contribution in [3.8, 4) is 0 Å². The molecule has 0 unspecified atom stereocenters. The average molecular weight is 305 g/mol. The van der Waals surface area contributed by atoms with E-state index in [2.05, 4.69) is 0 Å². The Bertz CT molecular complexity index is 693. The topological polar surface area (TPSA) is 73.9 Å². The molecular weight excluding hydrogens is 282 g/mol. The molecule has 0 saturated heterocycles. The fourth-order valence-electron chi connectivity index (χ4n) is 2.56. The van der Waals surface area contributed by atoms with Gasteiger partial charge in [-0.05, 0) is 49.1 Å². The van der Waals surface area contributed by atoms with E-state index in [9.17, 15) is 9.90 Å². The van der Waals surface area contributed by atoms with Crippen LogP contribution in [-0.4, -0.2) is 41.4 Å². The number of hydrogen-bond acceptors (Lipinski definition) is 5. The van der Waals surface area contributed by atoms with Crippen LogP contribution in [0.25, 0.3) is 11.0 Å². The summed E-state index contributed by atoms with van der Waals surface area (Å²) in [5.74, 6) is 0. The fraction of sp³-hybridized carbons (Fsp3) is 0.471. The van der Waals surface area contributed by atoms with Crippen LogP contribution in [0.2, 0.25) is 0 Å². The largest absolute Gasteiger partial charge is 0.423 e. The van der Waals surface area contributed by atoms with Crippen molar-refractivity contribution in [1.29, 1.82) is 0 Å². The van der Waals surface area contributed by atoms with Crippen LogP contribution in [0.1, 0.15) is 23.1 Å². The van der Waals surface area contributed by atoms with Gasteiger partial charge in [0.05, 0.1) is 6.61 Å². The third kappa shape index (κ3) is 3.94. The first-order valence-electron chi connectivity index (χ1n) is 7.53. The third-order valence-corrected chi connectivity index (χ3v) is 3.89. The van der Waals surface area contributed by atoms with Crippen molar-refractivity contribution in [2.75, 3.05) is 26.3 Å². The van der Waals surface area contributed by atoms with E-state index in [0.29, 0.717) is 31.6 Å². The van der Waals surface area contributed by atoms with E-state index in [1.54, 1.807) is 0 Å². The standard InChI is InChI=1S/C17H23NO4/c1-12-8-15-14(11-18(5-7-20)4-3-6-19)10-17(21)22-16(15)9-13(12)2/h8-10,19-20H,3-7,11H2,1-2H3. The zero-order valence-corrected chi connectivity index (χ0v) is 13.1. The molecule has 0 aliphatic rings. The number of aryl methyl sites for hydroxylation is 2. The minimum Gasteiger partial charge on any atom is -0.423 e. The van der Waals surface area contributed by atoms with Gasteiger partial charge in [0.15, 0.2) is 0 Å². The van der Waals surface area contributed by atoms with Gasteiger partial charge in [-0.2, -0.15) is 0 Å². The summed E-state index contributed by atoms with van der Waals surface area (Å²) in [6, 6.07) is 5.44. The van der Waals surface area contributed by atoms with E-state index < -0.39 is 0 Å². The molecule has 0 saturated carbocycles.